The number of likely N-dealkylation sites (N-methyl/N-ethyl adjacent to an activating group) is 1. The van der Waals surface area contributed by atoms with E-state index in [1.165, 1.54) is 5.56 Å². The van der Waals surface area contributed by atoms with Crippen LogP contribution in [-0.4, -0.2) is 42.7 Å². The smallest absolute Gasteiger partial charge is 0.0920 e. The Bertz CT molecular complexity index is 752. The monoisotopic (exact) mass is 478 g/mol. The lowest BCUT2D eigenvalue weighted by Crippen LogP contribution is -2.49. The lowest BCUT2D eigenvalue weighted by molar-refractivity contribution is -0.0364. The largest absolute Gasteiger partial charge is 0.385 e. The maximum atomic E-state index is 11.1. The minimum atomic E-state index is -0.723. The summed E-state index contributed by atoms with van der Waals surface area (Å²) in [7, 11) is 1.97. The first-order chi connectivity index (χ1) is 12.9. The van der Waals surface area contributed by atoms with E-state index < -0.39 is 5.60 Å². The first-order valence-electron chi connectivity index (χ1n) is 9.56. The Labute approximate surface area is 196 Å². The molecule has 2 atom stereocenters. The van der Waals surface area contributed by atoms with Crippen molar-refractivity contribution < 1.29 is 5.11 Å². The predicted molar refractivity (Wildman–Crippen MR) is 128 cm³/mol. The van der Waals surface area contributed by atoms with Gasteiger partial charge >= 0.3 is 0 Å². The zero-order chi connectivity index (χ0) is 19.4. The molecule has 0 bridgehead atoms. The first-order valence-corrected chi connectivity index (χ1v) is 10.3. The van der Waals surface area contributed by atoms with Gasteiger partial charge < -0.3 is 10.4 Å². The molecule has 1 saturated heterocycles. The highest BCUT2D eigenvalue weighted by molar-refractivity contribution is 6.42. The van der Waals surface area contributed by atoms with Gasteiger partial charge in [-0.2, -0.15) is 0 Å². The molecule has 2 aromatic carbocycles. The van der Waals surface area contributed by atoms with Gasteiger partial charge in [-0.05, 0) is 50.1 Å². The molecule has 7 heteroatoms. The van der Waals surface area contributed by atoms with Gasteiger partial charge in [0.1, 0.15) is 0 Å². The number of hydrogen-bond acceptors (Lipinski definition) is 3. The van der Waals surface area contributed by atoms with E-state index in [-0.39, 0.29) is 24.8 Å². The summed E-state index contributed by atoms with van der Waals surface area (Å²) < 4.78 is 0. The summed E-state index contributed by atoms with van der Waals surface area (Å²) in [5.74, 6) is 0.299. The van der Waals surface area contributed by atoms with Crippen LogP contribution in [0, 0.1) is 0 Å². The zero-order valence-electron chi connectivity index (χ0n) is 16.8. The molecule has 0 aromatic heterocycles. The van der Waals surface area contributed by atoms with Crippen LogP contribution in [0.15, 0.2) is 48.5 Å². The Balaban J connectivity index is 0.00000210. The number of nitrogens with zero attached hydrogens (tertiary/aromatic N) is 1. The molecule has 162 valence electrons. The van der Waals surface area contributed by atoms with Gasteiger partial charge in [-0.3, -0.25) is 4.90 Å². The van der Waals surface area contributed by atoms with E-state index in [2.05, 4.69) is 23.2 Å². The highest BCUT2D eigenvalue weighted by Crippen LogP contribution is 2.36. The van der Waals surface area contributed by atoms with Crippen molar-refractivity contribution >= 4 is 48.0 Å². The minimum Gasteiger partial charge on any atom is -0.385 e. The molecule has 1 aliphatic rings. The third kappa shape index (κ3) is 6.24. The Morgan fingerprint density at radius 3 is 2.21 bits per heavy atom. The molecule has 1 aliphatic heterocycles. The van der Waals surface area contributed by atoms with E-state index in [4.69, 9.17) is 23.2 Å². The van der Waals surface area contributed by atoms with Gasteiger partial charge in [0.05, 0.1) is 15.6 Å². The van der Waals surface area contributed by atoms with Gasteiger partial charge in [0.2, 0.25) is 0 Å². The van der Waals surface area contributed by atoms with E-state index in [1.54, 1.807) is 0 Å². The van der Waals surface area contributed by atoms with Gasteiger partial charge in [0.15, 0.2) is 0 Å². The highest BCUT2D eigenvalue weighted by Gasteiger charge is 2.36. The maximum Gasteiger partial charge on any atom is 0.0920 e. The van der Waals surface area contributed by atoms with Crippen LogP contribution in [-0.2, 0) is 5.60 Å². The number of hydrogen-bond donors (Lipinski definition) is 2. The molecule has 0 aliphatic carbocycles. The zero-order valence-corrected chi connectivity index (χ0v) is 19.9. The van der Waals surface area contributed by atoms with Gasteiger partial charge in [-0.1, -0.05) is 59.6 Å². The number of halogens is 4. The molecule has 2 unspecified atom stereocenters. The number of nitrogens with one attached hydrogen (secondary N) is 1. The van der Waals surface area contributed by atoms with Crippen LogP contribution >= 0.6 is 48.0 Å². The van der Waals surface area contributed by atoms with Crippen molar-refractivity contribution in [2.45, 2.75) is 37.3 Å². The van der Waals surface area contributed by atoms with E-state index in [0.29, 0.717) is 22.0 Å². The Hall–Kier alpha value is -0.520. The van der Waals surface area contributed by atoms with Crippen molar-refractivity contribution in [2.75, 3.05) is 26.7 Å². The van der Waals surface area contributed by atoms with Crippen LogP contribution in [0.4, 0.5) is 0 Å². The van der Waals surface area contributed by atoms with Crippen molar-refractivity contribution in [3.05, 3.63) is 69.7 Å². The predicted octanol–water partition coefficient (Wildman–Crippen LogP) is 5.51. The van der Waals surface area contributed by atoms with E-state index in [0.717, 1.165) is 38.0 Å². The number of rotatable bonds is 6. The molecule has 2 N–H and O–H groups in total. The average Bonchev–Trinajstić information content (AvgIpc) is 2.69. The van der Waals surface area contributed by atoms with Crippen molar-refractivity contribution in [3.8, 4) is 0 Å². The van der Waals surface area contributed by atoms with Gasteiger partial charge in [0, 0.05) is 31.6 Å². The normalized spacial score (nSPS) is 18.2. The van der Waals surface area contributed by atoms with Crippen LogP contribution in [0.3, 0.4) is 0 Å². The fraction of sp³-hybridized carbons (Fsp3) is 0.455. The third-order valence-corrected chi connectivity index (χ3v) is 6.63. The number of piperidine rings is 1. The summed E-state index contributed by atoms with van der Waals surface area (Å²) in [6.07, 6.45) is 1.49. The molecule has 3 nitrogen and oxygen atoms in total. The van der Waals surface area contributed by atoms with Gasteiger partial charge in [0.25, 0.3) is 0 Å². The summed E-state index contributed by atoms with van der Waals surface area (Å²) in [5, 5.41) is 15.6. The highest BCUT2D eigenvalue weighted by atomic mass is 35.5. The van der Waals surface area contributed by atoms with Crippen molar-refractivity contribution in [1.82, 2.24) is 10.2 Å². The molecule has 3 rings (SSSR count). The van der Waals surface area contributed by atoms with Crippen molar-refractivity contribution in [1.29, 1.82) is 0 Å². The molecule has 0 amide bonds. The second-order valence-corrected chi connectivity index (χ2v) is 8.33. The molecule has 1 heterocycles. The van der Waals surface area contributed by atoms with E-state index in [1.807, 2.05) is 49.5 Å². The van der Waals surface area contributed by atoms with Crippen molar-refractivity contribution in [2.24, 2.45) is 0 Å². The fourth-order valence-electron chi connectivity index (χ4n) is 4.12. The molecule has 1 fully saturated rings. The fourth-order valence-corrected chi connectivity index (χ4v) is 4.43. The van der Waals surface area contributed by atoms with Crippen LogP contribution < -0.4 is 5.32 Å². The Kier molecular flexibility index (Phi) is 10.8. The van der Waals surface area contributed by atoms with Gasteiger partial charge in [-0.15, -0.1) is 24.8 Å². The molecule has 2 aromatic rings. The molecule has 0 saturated carbocycles. The van der Waals surface area contributed by atoms with Crippen molar-refractivity contribution in [3.63, 3.8) is 0 Å². The lowest BCUT2D eigenvalue weighted by atomic mass is 9.82. The number of likely N-dealkylation sites (tertiary alicyclic amines) is 1. The second kappa shape index (κ2) is 11.8. The van der Waals surface area contributed by atoms with Crippen LogP contribution in [0.5, 0.6) is 0 Å². The lowest BCUT2D eigenvalue weighted by Gasteiger charge is -2.43. The molecular formula is C22H30Cl4N2O. The quantitative estimate of drug-likeness (QED) is 0.573. The first kappa shape index (κ1) is 26.5. The molecular weight excluding hydrogens is 450 g/mol. The van der Waals surface area contributed by atoms with Gasteiger partial charge in [-0.25, -0.2) is 0 Å². The minimum absolute atomic E-state index is 0. The molecule has 0 radical (unpaired) electrons. The summed E-state index contributed by atoms with van der Waals surface area (Å²) in [5.41, 5.74) is 1.49. The maximum absolute atomic E-state index is 11.1. The molecule has 0 spiro atoms. The van der Waals surface area contributed by atoms with Crippen LogP contribution in [0.2, 0.25) is 10.0 Å². The van der Waals surface area contributed by atoms with E-state index >= 15 is 0 Å². The average molecular weight is 480 g/mol. The second-order valence-electron chi connectivity index (χ2n) is 7.51. The topological polar surface area (TPSA) is 35.5 Å². The summed E-state index contributed by atoms with van der Waals surface area (Å²) >= 11 is 12.3. The Morgan fingerprint density at radius 1 is 1.03 bits per heavy atom. The Morgan fingerprint density at radius 2 is 1.66 bits per heavy atom. The number of benzene rings is 2. The summed E-state index contributed by atoms with van der Waals surface area (Å²) in [6.45, 7) is 4.86. The standard InChI is InChI=1S/C22H28Cl2N2O.2ClH/c1-16(19(15-25-2)17-8-9-20(23)21(24)14-17)26-12-10-22(27,11-13-26)18-6-4-3-5-7-18;;/h3-9,14,16,19,25,27H,10-13,15H2,1-2H3;2*1H. The van der Waals surface area contributed by atoms with E-state index in [9.17, 15) is 5.11 Å². The summed E-state index contributed by atoms with van der Waals surface area (Å²) in [4.78, 5) is 2.47. The molecule has 29 heavy (non-hydrogen) atoms. The summed E-state index contributed by atoms with van der Waals surface area (Å²) in [6, 6.07) is 16.3. The SMILES string of the molecule is CNCC(c1ccc(Cl)c(Cl)c1)C(C)N1CCC(O)(c2ccccc2)CC1.Cl.Cl. The van der Waals surface area contributed by atoms with Crippen LogP contribution in [0.1, 0.15) is 36.8 Å². The van der Waals surface area contributed by atoms with Crippen LogP contribution in [0.25, 0.3) is 0 Å². The third-order valence-electron chi connectivity index (χ3n) is 5.89. The number of aliphatic hydroxyl groups is 1.